The second-order valence-electron chi connectivity index (χ2n) is 7.32. The molecule has 29 heavy (non-hydrogen) atoms. The first-order valence-corrected chi connectivity index (χ1v) is 9.74. The molecule has 1 N–H and O–H groups in total. The van der Waals surface area contributed by atoms with Gasteiger partial charge in [-0.3, -0.25) is 14.4 Å². The van der Waals surface area contributed by atoms with Gasteiger partial charge in [-0.25, -0.2) is 0 Å². The number of benzene rings is 3. The van der Waals surface area contributed by atoms with Gasteiger partial charge in [0.15, 0.2) is 11.6 Å². The van der Waals surface area contributed by atoms with Gasteiger partial charge in [0.05, 0.1) is 11.3 Å². The van der Waals surface area contributed by atoms with Gasteiger partial charge in [-0.1, -0.05) is 62.4 Å². The molecule has 4 rings (SSSR count). The molecule has 0 aromatic heterocycles. The molecule has 0 fully saturated rings. The quantitative estimate of drug-likeness (QED) is 0.525. The van der Waals surface area contributed by atoms with Crippen LogP contribution in [0.15, 0.2) is 66.7 Å². The largest absolute Gasteiger partial charge is 0.321 e. The predicted octanol–water partition coefficient (Wildman–Crippen LogP) is 5.23. The van der Waals surface area contributed by atoms with Crippen molar-refractivity contribution in [2.24, 2.45) is 0 Å². The molecule has 144 valence electrons. The third-order valence-electron chi connectivity index (χ3n) is 5.55. The number of rotatable bonds is 4. The number of anilines is 1. The predicted molar refractivity (Wildman–Crippen MR) is 113 cm³/mol. The number of amides is 1. The standard InChI is InChI=1S/C25H21NO3/c1-3-15(2)16-11-13-17(14-12-16)25(29)26-21-10-6-9-20-22(21)24(28)19-8-5-4-7-18(19)23(20)27/h4-15H,3H2,1-2H3,(H,26,29). The zero-order chi connectivity index (χ0) is 20.5. The summed E-state index contributed by atoms with van der Waals surface area (Å²) in [5.41, 5.74) is 3.37. The smallest absolute Gasteiger partial charge is 0.255 e. The molecular weight excluding hydrogens is 362 g/mol. The number of hydrogen-bond donors (Lipinski definition) is 1. The van der Waals surface area contributed by atoms with Crippen LogP contribution in [-0.4, -0.2) is 17.5 Å². The van der Waals surface area contributed by atoms with Crippen molar-refractivity contribution in [1.29, 1.82) is 0 Å². The summed E-state index contributed by atoms with van der Waals surface area (Å²) in [6, 6.07) is 19.2. The molecule has 0 bridgehead atoms. The highest BCUT2D eigenvalue weighted by molar-refractivity contribution is 6.30. The van der Waals surface area contributed by atoms with E-state index in [4.69, 9.17) is 0 Å². The Morgan fingerprint density at radius 2 is 1.45 bits per heavy atom. The summed E-state index contributed by atoms with van der Waals surface area (Å²) in [5, 5.41) is 2.82. The second kappa shape index (κ2) is 7.47. The van der Waals surface area contributed by atoms with Crippen LogP contribution in [0.25, 0.3) is 0 Å². The Morgan fingerprint density at radius 1 is 0.828 bits per heavy atom. The molecule has 3 aromatic carbocycles. The summed E-state index contributed by atoms with van der Waals surface area (Å²) in [4.78, 5) is 38.6. The molecule has 1 unspecified atom stereocenters. The molecule has 0 radical (unpaired) electrons. The van der Waals surface area contributed by atoms with Crippen LogP contribution in [0.5, 0.6) is 0 Å². The van der Waals surface area contributed by atoms with E-state index in [0.717, 1.165) is 6.42 Å². The fraction of sp³-hybridized carbons (Fsp3) is 0.160. The molecule has 0 aliphatic heterocycles. The Hall–Kier alpha value is -3.53. The Labute approximate surface area is 169 Å². The topological polar surface area (TPSA) is 63.2 Å². The first-order valence-electron chi connectivity index (χ1n) is 9.74. The molecule has 0 saturated heterocycles. The zero-order valence-corrected chi connectivity index (χ0v) is 16.4. The Morgan fingerprint density at radius 3 is 2.10 bits per heavy atom. The third-order valence-corrected chi connectivity index (χ3v) is 5.55. The zero-order valence-electron chi connectivity index (χ0n) is 16.4. The lowest BCUT2D eigenvalue weighted by molar-refractivity contribution is 0.0978. The van der Waals surface area contributed by atoms with Gasteiger partial charge in [-0.15, -0.1) is 0 Å². The molecule has 4 nitrogen and oxygen atoms in total. The van der Waals surface area contributed by atoms with Crippen molar-refractivity contribution in [3.05, 3.63) is 100 Å². The van der Waals surface area contributed by atoms with Crippen LogP contribution in [0.1, 0.15) is 74.0 Å². The van der Waals surface area contributed by atoms with E-state index < -0.39 is 0 Å². The summed E-state index contributed by atoms with van der Waals surface area (Å²) in [6.07, 6.45) is 1.03. The van der Waals surface area contributed by atoms with Crippen LogP contribution in [-0.2, 0) is 0 Å². The van der Waals surface area contributed by atoms with Gasteiger partial charge in [0.25, 0.3) is 5.91 Å². The van der Waals surface area contributed by atoms with E-state index in [2.05, 4.69) is 19.2 Å². The minimum atomic E-state index is -0.312. The third kappa shape index (κ3) is 3.27. The Balaban J connectivity index is 1.67. The number of carbonyl (C=O) groups excluding carboxylic acids is 3. The SMILES string of the molecule is CCC(C)c1ccc(C(=O)Nc2cccc3c2C(=O)c2ccccc2C3=O)cc1. The highest BCUT2D eigenvalue weighted by atomic mass is 16.2. The maximum absolute atomic E-state index is 13.0. The van der Waals surface area contributed by atoms with E-state index in [9.17, 15) is 14.4 Å². The van der Waals surface area contributed by atoms with E-state index in [1.165, 1.54) is 5.56 Å². The van der Waals surface area contributed by atoms with Crippen molar-refractivity contribution < 1.29 is 14.4 Å². The molecular formula is C25H21NO3. The maximum atomic E-state index is 13.0. The lowest BCUT2D eigenvalue weighted by Gasteiger charge is -2.20. The van der Waals surface area contributed by atoms with Crippen molar-refractivity contribution in [1.82, 2.24) is 0 Å². The van der Waals surface area contributed by atoms with Gasteiger partial charge < -0.3 is 5.32 Å². The first kappa shape index (κ1) is 18.8. The van der Waals surface area contributed by atoms with Gasteiger partial charge in [0.2, 0.25) is 0 Å². The minimum Gasteiger partial charge on any atom is -0.321 e. The van der Waals surface area contributed by atoms with Crippen LogP contribution in [0.4, 0.5) is 5.69 Å². The van der Waals surface area contributed by atoms with Gasteiger partial charge >= 0.3 is 0 Å². The molecule has 3 aromatic rings. The normalized spacial score (nSPS) is 13.4. The number of ketones is 2. The molecule has 1 atom stereocenters. The molecule has 0 heterocycles. The lowest BCUT2D eigenvalue weighted by Crippen LogP contribution is -2.23. The van der Waals surface area contributed by atoms with Gasteiger partial charge in [-0.05, 0) is 36.1 Å². The van der Waals surface area contributed by atoms with Crippen LogP contribution < -0.4 is 5.32 Å². The van der Waals surface area contributed by atoms with Crippen LogP contribution in [0.2, 0.25) is 0 Å². The first-order chi connectivity index (χ1) is 14.0. The molecule has 1 aliphatic carbocycles. The maximum Gasteiger partial charge on any atom is 0.255 e. The van der Waals surface area contributed by atoms with E-state index in [1.807, 2.05) is 12.1 Å². The second-order valence-corrected chi connectivity index (χ2v) is 7.32. The number of hydrogen-bond acceptors (Lipinski definition) is 3. The van der Waals surface area contributed by atoms with Crippen molar-refractivity contribution >= 4 is 23.2 Å². The summed E-state index contributed by atoms with van der Waals surface area (Å²) in [6.45, 7) is 4.27. The fourth-order valence-electron chi connectivity index (χ4n) is 3.64. The van der Waals surface area contributed by atoms with Crippen LogP contribution in [0, 0.1) is 0 Å². The summed E-state index contributed by atoms with van der Waals surface area (Å²) in [7, 11) is 0. The minimum absolute atomic E-state index is 0.204. The van der Waals surface area contributed by atoms with Crippen LogP contribution in [0.3, 0.4) is 0 Å². The molecule has 0 spiro atoms. The summed E-state index contributed by atoms with van der Waals surface area (Å²) < 4.78 is 0. The number of nitrogens with one attached hydrogen (secondary N) is 1. The van der Waals surface area contributed by atoms with Gasteiger partial charge in [-0.2, -0.15) is 0 Å². The lowest BCUT2D eigenvalue weighted by atomic mass is 9.83. The van der Waals surface area contributed by atoms with Gasteiger partial charge in [0, 0.05) is 22.3 Å². The van der Waals surface area contributed by atoms with Crippen LogP contribution >= 0.6 is 0 Å². The van der Waals surface area contributed by atoms with Crippen molar-refractivity contribution in [3.8, 4) is 0 Å². The van der Waals surface area contributed by atoms with Crippen molar-refractivity contribution in [2.75, 3.05) is 5.32 Å². The highest BCUT2D eigenvalue weighted by Gasteiger charge is 2.31. The highest BCUT2D eigenvalue weighted by Crippen LogP contribution is 2.32. The van der Waals surface area contributed by atoms with E-state index in [0.29, 0.717) is 33.9 Å². The molecule has 0 saturated carbocycles. The average molecular weight is 383 g/mol. The van der Waals surface area contributed by atoms with E-state index in [-0.39, 0.29) is 23.0 Å². The van der Waals surface area contributed by atoms with E-state index >= 15 is 0 Å². The van der Waals surface area contributed by atoms with Crippen molar-refractivity contribution in [2.45, 2.75) is 26.2 Å². The Kier molecular flexibility index (Phi) is 4.85. The number of carbonyl (C=O) groups is 3. The van der Waals surface area contributed by atoms with E-state index in [1.54, 1.807) is 54.6 Å². The summed E-state index contributed by atoms with van der Waals surface area (Å²) in [5.74, 6) is -0.340. The molecule has 4 heteroatoms. The summed E-state index contributed by atoms with van der Waals surface area (Å²) >= 11 is 0. The number of fused-ring (bicyclic) bond motifs is 2. The van der Waals surface area contributed by atoms with Gasteiger partial charge in [0.1, 0.15) is 0 Å². The monoisotopic (exact) mass is 383 g/mol. The Bertz CT molecular complexity index is 1130. The molecule has 1 aliphatic rings. The average Bonchev–Trinajstić information content (AvgIpc) is 2.77. The molecule has 1 amide bonds. The van der Waals surface area contributed by atoms with Crippen molar-refractivity contribution in [3.63, 3.8) is 0 Å². The fourth-order valence-corrected chi connectivity index (χ4v) is 3.64.